The van der Waals surface area contributed by atoms with Crippen molar-refractivity contribution >= 4 is 11.5 Å². The predicted molar refractivity (Wildman–Crippen MR) is 117 cm³/mol. The molecule has 2 aliphatic heterocycles. The molecular weight excluding hydrogens is 376 g/mol. The van der Waals surface area contributed by atoms with E-state index in [0.717, 1.165) is 56.1 Å². The minimum Gasteiger partial charge on any atom is -0.462 e. The summed E-state index contributed by atoms with van der Waals surface area (Å²) < 4.78 is 5.67. The fourth-order valence-corrected chi connectivity index (χ4v) is 3.87. The van der Waals surface area contributed by atoms with Crippen LogP contribution in [-0.4, -0.2) is 51.9 Å². The maximum atomic E-state index is 12.9. The van der Waals surface area contributed by atoms with Crippen LogP contribution in [0.15, 0.2) is 54.6 Å². The van der Waals surface area contributed by atoms with Crippen LogP contribution in [0.3, 0.4) is 0 Å². The number of carbonyl (C=O) groups is 1. The van der Waals surface area contributed by atoms with E-state index in [0.29, 0.717) is 17.9 Å². The maximum absolute atomic E-state index is 12.9. The lowest BCUT2D eigenvalue weighted by Gasteiger charge is -2.26. The van der Waals surface area contributed by atoms with Gasteiger partial charge in [0.15, 0.2) is 5.82 Å². The molecule has 2 aromatic rings. The van der Waals surface area contributed by atoms with Crippen molar-refractivity contribution in [3.8, 4) is 5.75 Å². The Morgan fingerprint density at radius 1 is 1.10 bits per heavy atom. The zero-order valence-electron chi connectivity index (χ0n) is 17.7. The van der Waals surface area contributed by atoms with Gasteiger partial charge in [-0.15, -0.1) is 0 Å². The summed E-state index contributed by atoms with van der Waals surface area (Å²) in [4.78, 5) is 26.1. The summed E-state index contributed by atoms with van der Waals surface area (Å²) in [5.74, 6) is 1.50. The Morgan fingerprint density at radius 2 is 1.93 bits per heavy atom. The monoisotopic (exact) mass is 404 g/mol. The molecule has 0 radical (unpaired) electrons. The maximum Gasteiger partial charge on any atom is 0.261 e. The lowest BCUT2D eigenvalue weighted by atomic mass is 10.1. The highest BCUT2D eigenvalue weighted by molar-refractivity contribution is 5.98. The number of carbonyl (C=O) groups excluding carboxylic acids is 1. The molecule has 0 bridgehead atoms. The van der Waals surface area contributed by atoms with Crippen LogP contribution < -0.4 is 4.74 Å². The van der Waals surface area contributed by atoms with Crippen LogP contribution in [0.5, 0.6) is 5.75 Å². The first-order valence-corrected chi connectivity index (χ1v) is 10.6. The molecule has 30 heavy (non-hydrogen) atoms. The van der Waals surface area contributed by atoms with Crippen LogP contribution in [-0.2, 0) is 0 Å². The molecule has 0 N–H and O–H groups in total. The van der Waals surface area contributed by atoms with Gasteiger partial charge in [0.05, 0.1) is 11.3 Å². The number of aryl methyl sites for hydroxylation is 1. The Kier molecular flexibility index (Phi) is 6.23. The molecule has 0 saturated heterocycles. The third-order valence-electron chi connectivity index (χ3n) is 5.63. The molecular formula is C24H28N4O2. The molecule has 0 fully saturated rings. The number of ether oxygens (including phenoxy) is 1. The zero-order valence-corrected chi connectivity index (χ0v) is 17.7. The number of benzene rings is 1. The van der Waals surface area contributed by atoms with Gasteiger partial charge in [-0.1, -0.05) is 18.2 Å². The van der Waals surface area contributed by atoms with Gasteiger partial charge in [0.2, 0.25) is 0 Å². The number of aromatic nitrogens is 2. The molecule has 4 rings (SSSR count). The van der Waals surface area contributed by atoms with Crippen molar-refractivity contribution in [1.82, 2.24) is 19.8 Å². The first-order valence-electron chi connectivity index (χ1n) is 10.6. The second-order valence-electron chi connectivity index (χ2n) is 7.84. The fraction of sp³-hybridized carbons (Fsp3) is 0.375. The summed E-state index contributed by atoms with van der Waals surface area (Å²) in [7, 11) is 0. The van der Waals surface area contributed by atoms with Crippen molar-refractivity contribution in [2.45, 2.75) is 33.1 Å². The van der Waals surface area contributed by atoms with E-state index in [2.05, 4.69) is 20.9 Å². The van der Waals surface area contributed by atoms with E-state index >= 15 is 0 Å². The van der Waals surface area contributed by atoms with Crippen molar-refractivity contribution in [1.29, 1.82) is 0 Å². The van der Waals surface area contributed by atoms with Crippen LogP contribution >= 0.6 is 0 Å². The summed E-state index contributed by atoms with van der Waals surface area (Å²) in [5, 5.41) is 0. The number of allylic oxidation sites excluding steroid dienone is 1. The summed E-state index contributed by atoms with van der Waals surface area (Å²) in [6.45, 7) is 7.59. The molecule has 1 aromatic heterocycles. The Labute approximate surface area is 177 Å². The Bertz CT molecular complexity index is 983. The molecule has 0 spiro atoms. The van der Waals surface area contributed by atoms with Gasteiger partial charge in [-0.3, -0.25) is 9.69 Å². The largest absolute Gasteiger partial charge is 0.462 e. The zero-order chi connectivity index (χ0) is 20.9. The molecule has 1 aromatic carbocycles. The average Bonchev–Trinajstić information content (AvgIpc) is 2.89. The van der Waals surface area contributed by atoms with Crippen LogP contribution in [0, 0.1) is 6.92 Å². The third kappa shape index (κ3) is 4.60. The minimum atomic E-state index is 0.0144. The molecule has 3 heterocycles. The van der Waals surface area contributed by atoms with E-state index in [1.165, 1.54) is 5.57 Å². The molecule has 0 unspecified atom stereocenters. The number of amides is 1. The quantitative estimate of drug-likeness (QED) is 0.680. The van der Waals surface area contributed by atoms with Gasteiger partial charge in [0, 0.05) is 31.5 Å². The normalized spacial score (nSPS) is 17.0. The lowest BCUT2D eigenvalue weighted by molar-refractivity contribution is 0.0804. The molecule has 6 heteroatoms. The molecule has 2 aliphatic rings. The summed E-state index contributed by atoms with van der Waals surface area (Å²) in [6.07, 6.45) is 8.72. The lowest BCUT2D eigenvalue weighted by Crippen LogP contribution is -2.32. The molecule has 156 valence electrons. The second-order valence-corrected chi connectivity index (χ2v) is 7.84. The highest BCUT2D eigenvalue weighted by atomic mass is 16.5. The van der Waals surface area contributed by atoms with Crippen molar-refractivity contribution in [3.63, 3.8) is 0 Å². The van der Waals surface area contributed by atoms with Gasteiger partial charge in [0.1, 0.15) is 12.0 Å². The fourth-order valence-electron chi connectivity index (χ4n) is 3.87. The van der Waals surface area contributed by atoms with Crippen LogP contribution in [0.1, 0.15) is 48.1 Å². The number of hydrogen-bond donors (Lipinski definition) is 0. The van der Waals surface area contributed by atoms with Gasteiger partial charge >= 0.3 is 0 Å². The Morgan fingerprint density at radius 3 is 2.73 bits per heavy atom. The average molecular weight is 405 g/mol. The number of rotatable bonds is 6. The summed E-state index contributed by atoms with van der Waals surface area (Å²) in [6, 6.07) is 9.34. The highest BCUT2D eigenvalue weighted by Gasteiger charge is 2.23. The van der Waals surface area contributed by atoms with E-state index in [-0.39, 0.29) is 5.91 Å². The highest BCUT2D eigenvalue weighted by Crippen LogP contribution is 2.26. The topological polar surface area (TPSA) is 58.6 Å². The van der Waals surface area contributed by atoms with Crippen LogP contribution in [0.25, 0.3) is 5.57 Å². The van der Waals surface area contributed by atoms with Crippen LogP contribution in [0.2, 0.25) is 0 Å². The van der Waals surface area contributed by atoms with E-state index in [4.69, 9.17) is 4.74 Å². The van der Waals surface area contributed by atoms with Crippen molar-refractivity contribution in [3.05, 3.63) is 71.6 Å². The first-order chi connectivity index (χ1) is 14.6. The number of para-hydroxylation sites is 1. The van der Waals surface area contributed by atoms with Gasteiger partial charge in [-0.2, -0.15) is 0 Å². The molecule has 0 atom stereocenters. The summed E-state index contributed by atoms with van der Waals surface area (Å²) in [5.41, 5.74) is 3.71. The number of fused-ring (bicyclic) bond motifs is 1. The molecule has 1 amide bonds. The SMILES string of the molecule is CC1=COc2ccccc2C(=O)N1CCCCN1CC=C(c2nccc(C)n2)CC1. The third-order valence-corrected chi connectivity index (χ3v) is 5.63. The Balaban J connectivity index is 1.27. The van der Waals surface area contributed by atoms with Crippen molar-refractivity contribution < 1.29 is 9.53 Å². The number of unbranched alkanes of at least 4 members (excludes halogenated alkanes) is 1. The first kappa shape index (κ1) is 20.3. The van der Waals surface area contributed by atoms with Crippen molar-refractivity contribution in [2.75, 3.05) is 26.2 Å². The van der Waals surface area contributed by atoms with E-state index < -0.39 is 0 Å². The van der Waals surface area contributed by atoms with Gasteiger partial charge in [-0.25, -0.2) is 9.97 Å². The Hall–Kier alpha value is -2.99. The van der Waals surface area contributed by atoms with E-state index in [1.807, 2.05) is 55.3 Å². The minimum absolute atomic E-state index is 0.0144. The van der Waals surface area contributed by atoms with Gasteiger partial charge in [-0.05, 0) is 63.4 Å². The van der Waals surface area contributed by atoms with Gasteiger partial charge < -0.3 is 9.64 Å². The molecule has 0 saturated carbocycles. The number of nitrogens with zero attached hydrogens (tertiary/aromatic N) is 4. The van der Waals surface area contributed by atoms with Gasteiger partial charge in [0.25, 0.3) is 5.91 Å². The number of hydrogen-bond acceptors (Lipinski definition) is 5. The van der Waals surface area contributed by atoms with Crippen molar-refractivity contribution in [2.24, 2.45) is 0 Å². The standard InChI is InChI=1S/C24H28N4O2/c1-18-9-12-25-23(26-18)20-10-15-27(16-11-20)13-5-6-14-28-19(2)17-30-22-8-4-3-7-21(22)24(28)29/h3-4,7-10,12,17H,5-6,11,13-16H2,1-2H3. The molecule has 6 nitrogen and oxygen atoms in total. The smallest absolute Gasteiger partial charge is 0.261 e. The van der Waals surface area contributed by atoms with E-state index in [9.17, 15) is 4.79 Å². The van der Waals surface area contributed by atoms with Crippen LogP contribution in [0.4, 0.5) is 0 Å². The van der Waals surface area contributed by atoms with E-state index in [1.54, 1.807) is 6.26 Å². The second kappa shape index (κ2) is 9.22. The predicted octanol–water partition coefficient (Wildman–Crippen LogP) is 4.05. The molecule has 0 aliphatic carbocycles. The summed E-state index contributed by atoms with van der Waals surface area (Å²) >= 11 is 0.